The van der Waals surface area contributed by atoms with Gasteiger partial charge < -0.3 is 10.3 Å². The fourth-order valence-corrected chi connectivity index (χ4v) is 2.31. The summed E-state index contributed by atoms with van der Waals surface area (Å²) in [7, 11) is 0. The van der Waals surface area contributed by atoms with Crippen LogP contribution in [0.4, 0.5) is 5.82 Å². The van der Waals surface area contributed by atoms with E-state index in [2.05, 4.69) is 51.3 Å². The highest BCUT2D eigenvalue weighted by molar-refractivity contribution is 5.71. The second kappa shape index (κ2) is 4.72. The molecule has 3 heteroatoms. The molecule has 0 spiro atoms. The van der Waals surface area contributed by atoms with Gasteiger partial charge in [-0.1, -0.05) is 51.1 Å². The fourth-order valence-electron chi connectivity index (χ4n) is 2.31. The van der Waals surface area contributed by atoms with E-state index in [1.807, 2.05) is 18.2 Å². The zero-order chi connectivity index (χ0) is 14.2. The minimum Gasteiger partial charge on any atom is -0.383 e. The number of benzene rings is 1. The van der Waals surface area contributed by atoms with Crippen molar-refractivity contribution in [1.29, 1.82) is 0 Å². The molecule has 19 heavy (non-hydrogen) atoms. The maximum Gasteiger partial charge on any atom is 0.131 e. The van der Waals surface area contributed by atoms with Crippen LogP contribution in [-0.4, -0.2) is 9.55 Å². The lowest BCUT2D eigenvalue weighted by molar-refractivity contribution is 0.473. The van der Waals surface area contributed by atoms with Gasteiger partial charge in [-0.05, 0) is 13.8 Å². The van der Waals surface area contributed by atoms with Crippen LogP contribution in [-0.2, 0) is 5.41 Å². The number of nitrogens with zero attached hydrogens (tertiary/aromatic N) is 2. The second-order valence-electron chi connectivity index (χ2n) is 6.25. The molecule has 0 saturated carbocycles. The summed E-state index contributed by atoms with van der Waals surface area (Å²) in [5, 5.41) is 0. The first kappa shape index (κ1) is 13.7. The highest BCUT2D eigenvalue weighted by Crippen LogP contribution is 2.34. The van der Waals surface area contributed by atoms with Crippen LogP contribution in [0.25, 0.3) is 11.3 Å². The Labute approximate surface area is 115 Å². The third-order valence-electron chi connectivity index (χ3n) is 3.18. The summed E-state index contributed by atoms with van der Waals surface area (Å²) in [6.45, 7) is 10.8. The first-order chi connectivity index (χ1) is 8.82. The van der Waals surface area contributed by atoms with Gasteiger partial charge in [0.25, 0.3) is 0 Å². The molecular formula is C16H23N3. The van der Waals surface area contributed by atoms with Crippen LogP contribution in [0.3, 0.4) is 0 Å². The van der Waals surface area contributed by atoms with E-state index in [0.29, 0.717) is 6.04 Å². The highest BCUT2D eigenvalue weighted by Gasteiger charge is 2.26. The largest absolute Gasteiger partial charge is 0.383 e. The quantitative estimate of drug-likeness (QED) is 0.883. The normalized spacial score (nSPS) is 12.1. The molecule has 0 fully saturated rings. The molecule has 3 nitrogen and oxygen atoms in total. The Morgan fingerprint density at radius 3 is 2.11 bits per heavy atom. The Morgan fingerprint density at radius 2 is 1.68 bits per heavy atom. The molecule has 0 saturated heterocycles. The lowest BCUT2D eigenvalue weighted by atomic mass is 9.95. The van der Waals surface area contributed by atoms with Gasteiger partial charge in [-0.2, -0.15) is 0 Å². The fraction of sp³-hybridized carbons (Fsp3) is 0.438. The number of imidazole rings is 1. The Balaban J connectivity index is 2.66. The molecule has 1 heterocycles. The van der Waals surface area contributed by atoms with Gasteiger partial charge in [-0.25, -0.2) is 4.98 Å². The van der Waals surface area contributed by atoms with E-state index in [0.717, 1.165) is 22.9 Å². The third kappa shape index (κ3) is 2.50. The highest BCUT2D eigenvalue weighted by atomic mass is 15.2. The predicted octanol–water partition coefficient (Wildman–Crippen LogP) is 4.01. The van der Waals surface area contributed by atoms with Crippen LogP contribution >= 0.6 is 0 Å². The van der Waals surface area contributed by atoms with Crippen molar-refractivity contribution in [1.82, 2.24) is 9.55 Å². The van der Waals surface area contributed by atoms with E-state index in [4.69, 9.17) is 10.7 Å². The van der Waals surface area contributed by atoms with Crippen molar-refractivity contribution >= 4 is 5.82 Å². The minimum absolute atomic E-state index is 0.0224. The summed E-state index contributed by atoms with van der Waals surface area (Å²) in [5.74, 6) is 1.80. The van der Waals surface area contributed by atoms with Crippen LogP contribution < -0.4 is 5.73 Å². The van der Waals surface area contributed by atoms with Crippen molar-refractivity contribution in [2.45, 2.75) is 46.1 Å². The first-order valence-electron chi connectivity index (χ1n) is 6.76. The lowest BCUT2D eigenvalue weighted by Gasteiger charge is -2.22. The molecule has 2 aromatic rings. The number of anilines is 1. The van der Waals surface area contributed by atoms with Gasteiger partial charge in [0.15, 0.2) is 0 Å². The molecule has 1 aromatic carbocycles. The van der Waals surface area contributed by atoms with Crippen molar-refractivity contribution in [3.63, 3.8) is 0 Å². The maximum absolute atomic E-state index is 6.33. The molecule has 1 aromatic heterocycles. The standard InChI is InChI=1S/C16H23N3/c1-11(2)19-14(17)13(12-9-7-6-8-10-12)18-15(19)16(3,4)5/h6-11H,17H2,1-5H3. The Morgan fingerprint density at radius 1 is 1.11 bits per heavy atom. The van der Waals surface area contributed by atoms with Crippen molar-refractivity contribution in [3.8, 4) is 11.3 Å². The molecule has 0 amide bonds. The zero-order valence-electron chi connectivity index (χ0n) is 12.4. The Bertz CT molecular complexity index is 560. The molecule has 0 radical (unpaired) electrons. The minimum atomic E-state index is -0.0224. The molecule has 0 atom stereocenters. The summed E-state index contributed by atoms with van der Waals surface area (Å²) < 4.78 is 2.14. The maximum atomic E-state index is 6.33. The number of hydrogen-bond donors (Lipinski definition) is 1. The van der Waals surface area contributed by atoms with Gasteiger partial charge in [0, 0.05) is 17.0 Å². The van der Waals surface area contributed by atoms with E-state index in [9.17, 15) is 0 Å². The molecule has 0 unspecified atom stereocenters. The summed E-state index contributed by atoms with van der Waals surface area (Å²) >= 11 is 0. The molecule has 0 aliphatic rings. The van der Waals surface area contributed by atoms with Crippen molar-refractivity contribution in [3.05, 3.63) is 36.2 Å². The lowest BCUT2D eigenvalue weighted by Crippen LogP contribution is -2.21. The Kier molecular flexibility index (Phi) is 3.40. The van der Waals surface area contributed by atoms with E-state index in [1.54, 1.807) is 0 Å². The van der Waals surface area contributed by atoms with Gasteiger partial charge in [-0.15, -0.1) is 0 Å². The topological polar surface area (TPSA) is 43.8 Å². The molecule has 102 valence electrons. The van der Waals surface area contributed by atoms with Crippen LogP contribution in [0, 0.1) is 0 Å². The van der Waals surface area contributed by atoms with Gasteiger partial charge in [-0.3, -0.25) is 0 Å². The predicted molar refractivity (Wildman–Crippen MR) is 81.2 cm³/mol. The molecule has 2 N–H and O–H groups in total. The zero-order valence-corrected chi connectivity index (χ0v) is 12.4. The first-order valence-corrected chi connectivity index (χ1v) is 6.76. The monoisotopic (exact) mass is 257 g/mol. The number of aromatic nitrogens is 2. The van der Waals surface area contributed by atoms with Crippen LogP contribution in [0.5, 0.6) is 0 Å². The SMILES string of the molecule is CC(C)n1c(C(C)(C)C)nc(-c2ccccc2)c1N. The van der Waals surface area contributed by atoms with Crippen molar-refractivity contribution < 1.29 is 0 Å². The third-order valence-corrected chi connectivity index (χ3v) is 3.18. The summed E-state index contributed by atoms with van der Waals surface area (Å²) in [5.41, 5.74) is 8.27. The number of nitrogen functional groups attached to an aromatic ring is 1. The smallest absolute Gasteiger partial charge is 0.131 e. The van der Waals surface area contributed by atoms with Gasteiger partial charge in [0.1, 0.15) is 17.3 Å². The molecular weight excluding hydrogens is 234 g/mol. The van der Waals surface area contributed by atoms with Crippen LogP contribution in [0.1, 0.15) is 46.5 Å². The van der Waals surface area contributed by atoms with Crippen molar-refractivity contribution in [2.24, 2.45) is 0 Å². The summed E-state index contributed by atoms with van der Waals surface area (Å²) in [6.07, 6.45) is 0. The van der Waals surface area contributed by atoms with E-state index in [1.165, 1.54) is 0 Å². The summed E-state index contributed by atoms with van der Waals surface area (Å²) in [6, 6.07) is 10.4. The molecule has 2 rings (SSSR count). The van der Waals surface area contributed by atoms with E-state index >= 15 is 0 Å². The molecule has 0 aliphatic carbocycles. The van der Waals surface area contributed by atoms with Gasteiger partial charge >= 0.3 is 0 Å². The summed E-state index contributed by atoms with van der Waals surface area (Å²) in [4.78, 5) is 4.81. The van der Waals surface area contributed by atoms with Gasteiger partial charge in [0.2, 0.25) is 0 Å². The van der Waals surface area contributed by atoms with Crippen LogP contribution in [0.15, 0.2) is 30.3 Å². The number of nitrogens with two attached hydrogens (primary N) is 1. The van der Waals surface area contributed by atoms with Gasteiger partial charge in [0.05, 0.1) is 0 Å². The number of hydrogen-bond acceptors (Lipinski definition) is 2. The number of rotatable bonds is 2. The molecule has 0 bridgehead atoms. The van der Waals surface area contributed by atoms with E-state index in [-0.39, 0.29) is 5.41 Å². The average molecular weight is 257 g/mol. The second-order valence-corrected chi connectivity index (χ2v) is 6.25. The van der Waals surface area contributed by atoms with Crippen molar-refractivity contribution in [2.75, 3.05) is 5.73 Å². The van der Waals surface area contributed by atoms with E-state index < -0.39 is 0 Å². The molecule has 0 aliphatic heterocycles. The van der Waals surface area contributed by atoms with Crippen LogP contribution in [0.2, 0.25) is 0 Å². The average Bonchev–Trinajstić information content (AvgIpc) is 2.68. The Hall–Kier alpha value is -1.77.